The Labute approximate surface area is 116 Å². The molecule has 0 radical (unpaired) electrons. The molecule has 1 aromatic rings. The summed E-state index contributed by atoms with van der Waals surface area (Å²) < 4.78 is 19.8. The molecule has 0 saturated carbocycles. The van der Waals surface area contributed by atoms with Crippen LogP contribution >= 0.6 is 0 Å². The predicted molar refractivity (Wildman–Crippen MR) is 77.7 cm³/mol. The van der Waals surface area contributed by atoms with Crippen LogP contribution in [0.2, 0.25) is 0 Å². The maximum atomic E-state index is 13.8. The quantitative estimate of drug-likeness (QED) is 0.732. The van der Waals surface area contributed by atoms with Crippen LogP contribution in [0.4, 0.5) is 4.39 Å². The van der Waals surface area contributed by atoms with E-state index in [-0.39, 0.29) is 11.9 Å². The summed E-state index contributed by atoms with van der Waals surface area (Å²) >= 11 is 0. The Kier molecular flexibility index (Phi) is 7.68. The maximum absolute atomic E-state index is 13.8. The van der Waals surface area contributed by atoms with Gasteiger partial charge in [-0.2, -0.15) is 0 Å². The van der Waals surface area contributed by atoms with E-state index in [4.69, 9.17) is 4.74 Å². The second-order valence-electron chi connectivity index (χ2n) is 5.05. The SMILES string of the molecule is CCCC(C)COC(CNCC)c1ccccc1F. The molecule has 0 bridgehead atoms. The van der Waals surface area contributed by atoms with Crippen LogP contribution in [0, 0.1) is 11.7 Å². The number of likely N-dealkylation sites (N-methyl/N-ethyl adjacent to an activating group) is 1. The lowest BCUT2D eigenvalue weighted by atomic mass is 10.1. The van der Waals surface area contributed by atoms with E-state index >= 15 is 0 Å². The lowest BCUT2D eigenvalue weighted by Crippen LogP contribution is -2.25. The maximum Gasteiger partial charge on any atom is 0.129 e. The van der Waals surface area contributed by atoms with Gasteiger partial charge in [-0.25, -0.2) is 4.39 Å². The molecule has 0 fully saturated rings. The molecule has 2 nitrogen and oxygen atoms in total. The zero-order valence-electron chi connectivity index (χ0n) is 12.3. The summed E-state index contributed by atoms with van der Waals surface area (Å²) in [7, 11) is 0. The van der Waals surface area contributed by atoms with E-state index in [1.807, 2.05) is 19.1 Å². The monoisotopic (exact) mass is 267 g/mol. The minimum atomic E-state index is -0.208. The summed E-state index contributed by atoms with van der Waals surface area (Å²) in [5.74, 6) is 0.328. The summed E-state index contributed by atoms with van der Waals surface area (Å²) in [6.07, 6.45) is 2.09. The van der Waals surface area contributed by atoms with E-state index in [2.05, 4.69) is 19.2 Å². The number of ether oxygens (including phenoxy) is 1. The first-order chi connectivity index (χ1) is 9.19. The van der Waals surface area contributed by atoms with E-state index in [1.54, 1.807) is 6.07 Å². The summed E-state index contributed by atoms with van der Waals surface area (Å²) in [4.78, 5) is 0. The Morgan fingerprint density at radius 1 is 1.26 bits per heavy atom. The molecule has 0 aliphatic heterocycles. The van der Waals surface area contributed by atoms with Crippen molar-refractivity contribution in [3.63, 3.8) is 0 Å². The van der Waals surface area contributed by atoms with Gasteiger partial charge in [0.1, 0.15) is 5.82 Å². The van der Waals surface area contributed by atoms with Gasteiger partial charge in [-0.15, -0.1) is 0 Å². The topological polar surface area (TPSA) is 21.3 Å². The minimum Gasteiger partial charge on any atom is -0.372 e. The summed E-state index contributed by atoms with van der Waals surface area (Å²) in [5, 5.41) is 3.24. The number of hydrogen-bond donors (Lipinski definition) is 1. The van der Waals surface area contributed by atoms with Crippen LogP contribution in [0.5, 0.6) is 0 Å². The molecule has 0 amide bonds. The molecule has 1 aromatic carbocycles. The predicted octanol–water partition coefficient (Wildman–Crippen LogP) is 3.93. The lowest BCUT2D eigenvalue weighted by Gasteiger charge is -2.21. The number of hydrogen-bond acceptors (Lipinski definition) is 2. The molecule has 1 N–H and O–H groups in total. The van der Waals surface area contributed by atoms with Crippen molar-refractivity contribution in [1.29, 1.82) is 0 Å². The van der Waals surface area contributed by atoms with Gasteiger partial charge in [-0.05, 0) is 24.9 Å². The fraction of sp³-hybridized carbons (Fsp3) is 0.625. The molecular weight excluding hydrogens is 241 g/mol. The summed E-state index contributed by atoms with van der Waals surface area (Å²) in [5.41, 5.74) is 0.646. The fourth-order valence-electron chi connectivity index (χ4n) is 2.13. The molecule has 19 heavy (non-hydrogen) atoms. The highest BCUT2D eigenvalue weighted by atomic mass is 19.1. The van der Waals surface area contributed by atoms with E-state index < -0.39 is 0 Å². The van der Waals surface area contributed by atoms with Crippen molar-refractivity contribution < 1.29 is 9.13 Å². The molecular formula is C16H26FNO. The van der Waals surface area contributed by atoms with Gasteiger partial charge in [0, 0.05) is 12.1 Å². The third kappa shape index (κ3) is 5.70. The zero-order chi connectivity index (χ0) is 14.1. The first-order valence-corrected chi connectivity index (χ1v) is 7.25. The van der Waals surface area contributed by atoms with Gasteiger partial charge in [0.2, 0.25) is 0 Å². The molecule has 0 spiro atoms. The number of halogens is 1. The van der Waals surface area contributed by atoms with Crippen LogP contribution in [-0.4, -0.2) is 19.7 Å². The fourth-order valence-corrected chi connectivity index (χ4v) is 2.13. The van der Waals surface area contributed by atoms with Gasteiger partial charge < -0.3 is 10.1 Å². The third-order valence-electron chi connectivity index (χ3n) is 3.20. The van der Waals surface area contributed by atoms with Crippen LogP contribution in [0.1, 0.15) is 45.3 Å². The largest absolute Gasteiger partial charge is 0.372 e. The van der Waals surface area contributed by atoms with Crippen molar-refractivity contribution in [3.8, 4) is 0 Å². The average molecular weight is 267 g/mol. The number of benzene rings is 1. The van der Waals surface area contributed by atoms with Crippen molar-refractivity contribution in [2.45, 2.75) is 39.7 Å². The lowest BCUT2D eigenvalue weighted by molar-refractivity contribution is 0.0282. The third-order valence-corrected chi connectivity index (χ3v) is 3.20. The highest BCUT2D eigenvalue weighted by molar-refractivity contribution is 5.20. The molecule has 108 valence electrons. The normalized spacial score (nSPS) is 14.3. The Balaban J connectivity index is 2.64. The molecule has 0 saturated heterocycles. The van der Waals surface area contributed by atoms with Crippen LogP contribution in [0.25, 0.3) is 0 Å². The summed E-state index contributed by atoms with van der Waals surface area (Å²) in [6.45, 7) is 8.57. The highest BCUT2D eigenvalue weighted by Crippen LogP contribution is 2.21. The minimum absolute atomic E-state index is 0.187. The molecule has 0 heterocycles. The van der Waals surface area contributed by atoms with Crippen molar-refractivity contribution in [2.75, 3.05) is 19.7 Å². The van der Waals surface area contributed by atoms with Crippen molar-refractivity contribution in [2.24, 2.45) is 5.92 Å². The second kappa shape index (κ2) is 9.05. The van der Waals surface area contributed by atoms with Gasteiger partial charge >= 0.3 is 0 Å². The van der Waals surface area contributed by atoms with E-state index in [1.165, 1.54) is 6.07 Å². The Bertz CT molecular complexity index is 356. The molecule has 3 heteroatoms. The van der Waals surface area contributed by atoms with E-state index in [0.717, 1.165) is 19.4 Å². The Morgan fingerprint density at radius 2 is 2.00 bits per heavy atom. The molecule has 2 atom stereocenters. The van der Waals surface area contributed by atoms with Crippen LogP contribution in [0.3, 0.4) is 0 Å². The van der Waals surface area contributed by atoms with Gasteiger partial charge in [0.05, 0.1) is 12.7 Å². The van der Waals surface area contributed by atoms with E-state index in [9.17, 15) is 4.39 Å². The smallest absolute Gasteiger partial charge is 0.129 e. The van der Waals surface area contributed by atoms with Crippen molar-refractivity contribution >= 4 is 0 Å². The van der Waals surface area contributed by atoms with Gasteiger partial charge in [-0.1, -0.05) is 45.4 Å². The summed E-state index contributed by atoms with van der Waals surface area (Å²) in [6, 6.07) is 6.87. The van der Waals surface area contributed by atoms with Gasteiger partial charge in [0.25, 0.3) is 0 Å². The average Bonchev–Trinajstić information content (AvgIpc) is 2.40. The first kappa shape index (κ1) is 16.1. The highest BCUT2D eigenvalue weighted by Gasteiger charge is 2.16. The first-order valence-electron chi connectivity index (χ1n) is 7.25. The Hall–Kier alpha value is -0.930. The van der Waals surface area contributed by atoms with Crippen molar-refractivity contribution in [3.05, 3.63) is 35.6 Å². The van der Waals surface area contributed by atoms with E-state index in [0.29, 0.717) is 24.6 Å². The van der Waals surface area contributed by atoms with Crippen LogP contribution < -0.4 is 5.32 Å². The molecule has 0 aliphatic rings. The molecule has 1 rings (SSSR count). The number of nitrogens with one attached hydrogen (secondary N) is 1. The Morgan fingerprint density at radius 3 is 2.63 bits per heavy atom. The molecule has 0 aromatic heterocycles. The van der Waals surface area contributed by atoms with Gasteiger partial charge in [0.15, 0.2) is 0 Å². The van der Waals surface area contributed by atoms with Gasteiger partial charge in [-0.3, -0.25) is 0 Å². The second-order valence-corrected chi connectivity index (χ2v) is 5.05. The number of rotatable bonds is 9. The molecule has 2 unspecified atom stereocenters. The molecule has 0 aliphatic carbocycles. The standard InChI is InChI=1S/C16H26FNO/c1-4-8-13(3)12-19-16(11-18-5-2)14-9-6-7-10-15(14)17/h6-7,9-10,13,16,18H,4-5,8,11-12H2,1-3H3. The van der Waals surface area contributed by atoms with Crippen molar-refractivity contribution in [1.82, 2.24) is 5.32 Å². The van der Waals surface area contributed by atoms with Crippen LogP contribution in [0.15, 0.2) is 24.3 Å². The van der Waals surface area contributed by atoms with Crippen LogP contribution in [-0.2, 0) is 4.74 Å². The zero-order valence-corrected chi connectivity index (χ0v) is 12.3.